The molecule has 0 radical (unpaired) electrons. The first-order valence-electron chi connectivity index (χ1n) is 6.62. The van der Waals surface area contributed by atoms with Crippen molar-refractivity contribution in [1.82, 2.24) is 15.2 Å². The number of nitrogens with zero attached hydrogens (tertiary/aromatic N) is 3. The molecule has 0 aliphatic carbocycles. The molecule has 21 heavy (non-hydrogen) atoms. The Bertz CT molecular complexity index is 513. The molecule has 0 unspecified atom stereocenters. The Morgan fingerprint density at radius 3 is 2.86 bits per heavy atom. The van der Waals surface area contributed by atoms with Gasteiger partial charge in [-0.2, -0.15) is 5.26 Å². The first kappa shape index (κ1) is 16.4. The molecule has 112 valence electrons. The average Bonchev–Trinajstić information content (AvgIpc) is 2.49. The summed E-state index contributed by atoms with van der Waals surface area (Å²) in [5, 5.41) is 20.1. The van der Waals surface area contributed by atoms with E-state index in [-0.39, 0.29) is 19.5 Å². The van der Waals surface area contributed by atoms with E-state index in [9.17, 15) is 9.59 Å². The second-order valence-electron chi connectivity index (χ2n) is 4.44. The maximum Gasteiger partial charge on any atom is 0.326 e. The highest BCUT2D eigenvalue weighted by atomic mass is 16.4. The molecule has 2 amide bonds. The molecule has 2 N–H and O–H groups in total. The third-order valence-electron chi connectivity index (χ3n) is 2.88. The fourth-order valence-electron chi connectivity index (χ4n) is 1.73. The van der Waals surface area contributed by atoms with Gasteiger partial charge in [-0.3, -0.25) is 4.98 Å². The minimum Gasteiger partial charge on any atom is -0.480 e. The minimum absolute atomic E-state index is 0.178. The molecule has 1 heterocycles. The highest BCUT2D eigenvalue weighted by Crippen LogP contribution is 2.05. The standard InChI is InChI=1S/C14H18N4O3/c1-2-12(13(19)20)17-14(21)18(8-4-6-15)10-11-5-3-7-16-9-11/h3,5,7,9,12H,2,4,8,10H2,1H3,(H,17,21)(H,19,20)/t12-/m0/s1. The number of nitrogens with one attached hydrogen (secondary N) is 1. The minimum atomic E-state index is -1.08. The van der Waals surface area contributed by atoms with E-state index in [1.807, 2.05) is 12.1 Å². The summed E-state index contributed by atoms with van der Waals surface area (Å²) >= 11 is 0. The molecule has 1 aromatic rings. The van der Waals surface area contributed by atoms with Crippen LogP contribution < -0.4 is 5.32 Å². The Kier molecular flexibility index (Phi) is 6.68. The summed E-state index contributed by atoms with van der Waals surface area (Å²) < 4.78 is 0. The zero-order valence-corrected chi connectivity index (χ0v) is 11.8. The number of amides is 2. The van der Waals surface area contributed by atoms with Crippen LogP contribution in [-0.4, -0.2) is 39.6 Å². The Labute approximate surface area is 123 Å². The molecular weight excluding hydrogens is 272 g/mol. The van der Waals surface area contributed by atoms with Crippen LogP contribution in [0.25, 0.3) is 0 Å². The molecule has 0 aromatic carbocycles. The summed E-state index contributed by atoms with van der Waals surface area (Å²) in [5.74, 6) is -1.08. The second kappa shape index (κ2) is 8.53. The summed E-state index contributed by atoms with van der Waals surface area (Å²) in [5.41, 5.74) is 0.814. The van der Waals surface area contributed by atoms with Crippen molar-refractivity contribution in [3.8, 4) is 6.07 Å². The topological polar surface area (TPSA) is 106 Å². The van der Waals surface area contributed by atoms with E-state index in [2.05, 4.69) is 10.3 Å². The summed E-state index contributed by atoms with van der Waals surface area (Å²) in [6.45, 7) is 2.19. The van der Waals surface area contributed by atoms with Gasteiger partial charge < -0.3 is 15.3 Å². The summed E-state index contributed by atoms with van der Waals surface area (Å²) in [4.78, 5) is 28.5. The van der Waals surface area contributed by atoms with E-state index in [0.29, 0.717) is 6.42 Å². The van der Waals surface area contributed by atoms with Crippen LogP contribution >= 0.6 is 0 Å². The Hall–Kier alpha value is -2.62. The second-order valence-corrected chi connectivity index (χ2v) is 4.44. The molecule has 0 aliphatic heterocycles. The van der Waals surface area contributed by atoms with Crippen molar-refractivity contribution < 1.29 is 14.7 Å². The van der Waals surface area contributed by atoms with Crippen LogP contribution in [0.5, 0.6) is 0 Å². The van der Waals surface area contributed by atoms with E-state index < -0.39 is 18.0 Å². The van der Waals surface area contributed by atoms with E-state index >= 15 is 0 Å². The Balaban J connectivity index is 2.74. The van der Waals surface area contributed by atoms with Gasteiger partial charge in [0, 0.05) is 25.5 Å². The predicted molar refractivity (Wildman–Crippen MR) is 75.1 cm³/mol. The number of carbonyl (C=O) groups excluding carboxylic acids is 1. The lowest BCUT2D eigenvalue weighted by Crippen LogP contribution is -2.47. The average molecular weight is 290 g/mol. The number of hydrogen-bond donors (Lipinski definition) is 2. The third-order valence-corrected chi connectivity index (χ3v) is 2.88. The third kappa shape index (κ3) is 5.48. The van der Waals surface area contributed by atoms with Crippen LogP contribution in [0, 0.1) is 11.3 Å². The van der Waals surface area contributed by atoms with Crippen molar-refractivity contribution in [3.63, 3.8) is 0 Å². The van der Waals surface area contributed by atoms with Crippen LogP contribution in [0.2, 0.25) is 0 Å². The van der Waals surface area contributed by atoms with Gasteiger partial charge in [-0.1, -0.05) is 13.0 Å². The molecule has 7 nitrogen and oxygen atoms in total. The van der Waals surface area contributed by atoms with E-state index in [4.69, 9.17) is 10.4 Å². The maximum atomic E-state index is 12.1. The molecule has 1 atom stereocenters. The molecule has 0 saturated carbocycles. The van der Waals surface area contributed by atoms with Gasteiger partial charge in [-0.25, -0.2) is 9.59 Å². The fourth-order valence-corrected chi connectivity index (χ4v) is 1.73. The predicted octanol–water partition coefficient (Wildman–Crippen LogP) is 1.37. The maximum absolute atomic E-state index is 12.1. The lowest BCUT2D eigenvalue weighted by atomic mass is 10.2. The van der Waals surface area contributed by atoms with Crippen LogP contribution in [0.15, 0.2) is 24.5 Å². The van der Waals surface area contributed by atoms with Crippen LogP contribution in [-0.2, 0) is 11.3 Å². The van der Waals surface area contributed by atoms with Crippen molar-refractivity contribution >= 4 is 12.0 Å². The number of carbonyl (C=O) groups is 2. The van der Waals surface area contributed by atoms with Crippen molar-refractivity contribution in [2.45, 2.75) is 32.4 Å². The van der Waals surface area contributed by atoms with Gasteiger partial charge in [0.2, 0.25) is 0 Å². The van der Waals surface area contributed by atoms with Gasteiger partial charge >= 0.3 is 12.0 Å². The van der Waals surface area contributed by atoms with Crippen LogP contribution in [0.1, 0.15) is 25.3 Å². The van der Waals surface area contributed by atoms with Gasteiger partial charge in [0.05, 0.1) is 12.5 Å². The van der Waals surface area contributed by atoms with Gasteiger partial charge in [0.15, 0.2) is 0 Å². The molecule has 0 bridgehead atoms. The lowest BCUT2D eigenvalue weighted by Gasteiger charge is -2.24. The normalized spacial score (nSPS) is 11.2. The van der Waals surface area contributed by atoms with Crippen LogP contribution in [0.4, 0.5) is 4.79 Å². The van der Waals surface area contributed by atoms with E-state index in [1.54, 1.807) is 25.4 Å². The number of aliphatic carboxylic acids is 1. The summed E-state index contributed by atoms with van der Waals surface area (Å²) in [7, 11) is 0. The Morgan fingerprint density at radius 1 is 1.57 bits per heavy atom. The summed E-state index contributed by atoms with van der Waals surface area (Å²) in [6.07, 6.45) is 3.72. The first-order valence-corrected chi connectivity index (χ1v) is 6.62. The van der Waals surface area contributed by atoms with Crippen molar-refractivity contribution in [2.75, 3.05) is 6.54 Å². The molecular formula is C14H18N4O3. The van der Waals surface area contributed by atoms with Gasteiger partial charge in [0.1, 0.15) is 6.04 Å². The number of urea groups is 1. The van der Waals surface area contributed by atoms with Crippen molar-refractivity contribution in [2.24, 2.45) is 0 Å². The molecule has 1 aromatic heterocycles. The van der Waals surface area contributed by atoms with Crippen molar-refractivity contribution in [1.29, 1.82) is 5.26 Å². The van der Waals surface area contributed by atoms with Gasteiger partial charge in [-0.05, 0) is 18.1 Å². The molecule has 0 spiro atoms. The summed E-state index contributed by atoms with van der Waals surface area (Å²) in [6, 6.07) is 4.11. The number of nitriles is 1. The molecule has 1 rings (SSSR count). The molecule has 7 heteroatoms. The number of carboxylic acids is 1. The highest BCUT2D eigenvalue weighted by Gasteiger charge is 2.21. The zero-order chi connectivity index (χ0) is 15.7. The van der Waals surface area contributed by atoms with Crippen molar-refractivity contribution in [3.05, 3.63) is 30.1 Å². The zero-order valence-electron chi connectivity index (χ0n) is 11.8. The number of pyridine rings is 1. The smallest absolute Gasteiger partial charge is 0.326 e. The number of rotatable bonds is 7. The van der Waals surface area contributed by atoms with Gasteiger partial charge in [0.25, 0.3) is 0 Å². The largest absolute Gasteiger partial charge is 0.480 e. The number of aromatic nitrogens is 1. The number of carboxylic acid groups (broad SMARTS) is 1. The van der Waals surface area contributed by atoms with Crippen LogP contribution in [0.3, 0.4) is 0 Å². The highest BCUT2D eigenvalue weighted by molar-refractivity contribution is 5.82. The Morgan fingerprint density at radius 2 is 2.33 bits per heavy atom. The molecule has 0 saturated heterocycles. The van der Waals surface area contributed by atoms with E-state index in [1.165, 1.54) is 4.90 Å². The SMILES string of the molecule is CC[C@H](NC(=O)N(CCC#N)Cc1cccnc1)C(=O)O. The first-order chi connectivity index (χ1) is 10.1. The molecule has 0 fully saturated rings. The monoisotopic (exact) mass is 290 g/mol. The quantitative estimate of drug-likeness (QED) is 0.788. The van der Waals surface area contributed by atoms with E-state index in [0.717, 1.165) is 5.56 Å². The molecule has 0 aliphatic rings. The lowest BCUT2D eigenvalue weighted by molar-refractivity contribution is -0.139. The fraction of sp³-hybridized carbons (Fsp3) is 0.429. The van der Waals surface area contributed by atoms with Gasteiger partial charge in [-0.15, -0.1) is 0 Å². The number of hydrogen-bond acceptors (Lipinski definition) is 4.